The van der Waals surface area contributed by atoms with Crippen LogP contribution in [0.5, 0.6) is 0 Å². The highest BCUT2D eigenvalue weighted by Crippen LogP contribution is 2.54. The number of carbonyl (C=O) groups is 1. The molecule has 2 bridgehead atoms. The van der Waals surface area contributed by atoms with Gasteiger partial charge in [-0.3, -0.25) is 4.79 Å². The Morgan fingerprint density at radius 3 is 3.24 bits per heavy atom. The Morgan fingerprint density at radius 2 is 2.40 bits per heavy atom. The average Bonchev–Trinajstić information content (AvgIpc) is 3.30. The van der Waals surface area contributed by atoms with Crippen LogP contribution in [0.3, 0.4) is 0 Å². The molecular weight excluding hydrogens is 318 g/mol. The molecular formula is C19H23N3O3. The molecule has 0 aliphatic carbocycles. The number of imidazole rings is 1. The number of aromatic nitrogens is 2. The Bertz CT molecular complexity index is 848. The van der Waals surface area contributed by atoms with Crippen molar-refractivity contribution in [2.24, 2.45) is 11.8 Å². The van der Waals surface area contributed by atoms with E-state index in [1.807, 2.05) is 30.0 Å². The maximum absolute atomic E-state index is 12.8. The lowest BCUT2D eigenvalue weighted by molar-refractivity contribution is -0.131. The van der Waals surface area contributed by atoms with Crippen LogP contribution in [0.25, 0.3) is 11.0 Å². The molecule has 0 unspecified atom stereocenters. The second kappa shape index (κ2) is 5.29. The van der Waals surface area contributed by atoms with Crippen molar-refractivity contribution in [1.82, 2.24) is 14.9 Å². The van der Waals surface area contributed by atoms with Gasteiger partial charge in [-0.15, -0.1) is 0 Å². The first kappa shape index (κ1) is 15.3. The summed E-state index contributed by atoms with van der Waals surface area (Å²) in [4.78, 5) is 22.4. The number of fused-ring (bicyclic) bond motifs is 2. The van der Waals surface area contributed by atoms with Crippen molar-refractivity contribution in [3.8, 4) is 0 Å². The molecule has 132 valence electrons. The lowest BCUT2D eigenvalue weighted by Gasteiger charge is -2.27. The highest BCUT2D eigenvalue weighted by Gasteiger charge is 2.63. The molecule has 25 heavy (non-hydrogen) atoms. The summed E-state index contributed by atoms with van der Waals surface area (Å²) in [5.41, 5.74) is 2.71. The molecule has 1 spiro atoms. The van der Waals surface area contributed by atoms with Gasteiger partial charge < -0.3 is 19.7 Å². The number of hydrogen-bond donors (Lipinski definition) is 2. The maximum atomic E-state index is 12.8. The van der Waals surface area contributed by atoms with Crippen molar-refractivity contribution in [2.45, 2.75) is 37.9 Å². The minimum Gasteiger partial charge on any atom is -0.396 e. The van der Waals surface area contributed by atoms with E-state index in [0.29, 0.717) is 19.5 Å². The Kier molecular flexibility index (Phi) is 3.24. The van der Waals surface area contributed by atoms with Crippen LogP contribution in [0.15, 0.2) is 18.2 Å². The molecule has 3 aliphatic rings. The molecule has 0 saturated carbocycles. The average molecular weight is 341 g/mol. The Morgan fingerprint density at radius 1 is 1.52 bits per heavy atom. The zero-order valence-corrected chi connectivity index (χ0v) is 14.4. The predicted molar refractivity (Wildman–Crippen MR) is 92.0 cm³/mol. The smallest absolute Gasteiger partial charge is 0.227 e. The largest absolute Gasteiger partial charge is 0.396 e. The van der Waals surface area contributed by atoms with Crippen LogP contribution in [0.1, 0.15) is 24.2 Å². The van der Waals surface area contributed by atoms with E-state index in [2.05, 4.69) is 9.97 Å². The number of H-pyrrole nitrogens is 1. The van der Waals surface area contributed by atoms with Crippen LogP contribution in [0.4, 0.5) is 0 Å². The van der Waals surface area contributed by atoms with E-state index in [4.69, 9.17) is 4.74 Å². The number of nitrogens with one attached hydrogen (secondary N) is 1. The van der Waals surface area contributed by atoms with Crippen molar-refractivity contribution >= 4 is 16.9 Å². The molecule has 0 radical (unpaired) electrons. The number of aryl methyl sites for hydroxylation is 1. The van der Waals surface area contributed by atoms with Gasteiger partial charge in [0.25, 0.3) is 0 Å². The molecule has 6 nitrogen and oxygen atoms in total. The van der Waals surface area contributed by atoms with E-state index >= 15 is 0 Å². The number of nitrogens with zero attached hydrogens (tertiary/aromatic N) is 2. The van der Waals surface area contributed by atoms with Crippen LogP contribution < -0.4 is 0 Å². The number of likely N-dealkylation sites (tertiary alicyclic amines) is 1. The van der Waals surface area contributed by atoms with Gasteiger partial charge in [-0.05, 0) is 37.5 Å². The summed E-state index contributed by atoms with van der Waals surface area (Å²) in [6.07, 6.45) is 2.62. The van der Waals surface area contributed by atoms with E-state index in [-0.39, 0.29) is 36.1 Å². The number of carbonyl (C=O) groups excluding carboxylic acids is 1. The lowest BCUT2D eigenvalue weighted by atomic mass is 9.74. The fourth-order valence-electron chi connectivity index (χ4n) is 5.21. The summed E-state index contributed by atoms with van der Waals surface area (Å²) in [5.74, 6) is 1.50. The monoisotopic (exact) mass is 341 g/mol. The summed E-state index contributed by atoms with van der Waals surface area (Å²) in [7, 11) is 0. The summed E-state index contributed by atoms with van der Waals surface area (Å²) < 4.78 is 6.21. The number of ether oxygens (including phenoxy) is 1. The van der Waals surface area contributed by atoms with Gasteiger partial charge in [0.15, 0.2) is 0 Å². The SMILES string of the molecule is Cc1nc2ccc(CC(=O)N3C[C@H]4[C@@H](CO)[C@@H]5CC[C@@]4(C3)O5)cc2[nH]1. The number of aliphatic hydroxyl groups excluding tert-OH is 1. The minimum atomic E-state index is -0.196. The second-order valence-electron chi connectivity index (χ2n) is 7.84. The molecule has 2 N–H and O–H groups in total. The first-order valence-corrected chi connectivity index (χ1v) is 9.10. The molecule has 2 aromatic rings. The third-order valence-corrected chi connectivity index (χ3v) is 6.37. The molecule has 3 saturated heterocycles. The standard InChI is InChI=1S/C19H23N3O3/c1-11-20-15-3-2-12(6-16(15)21-11)7-18(24)22-8-14-13(9-23)17-4-5-19(14,10-22)25-17/h2-3,6,13-14,17,23H,4-5,7-10H2,1H3,(H,20,21)/t13-,14+,17+,19+/m1/s1. The van der Waals surface area contributed by atoms with Crippen LogP contribution in [-0.2, 0) is 16.0 Å². The molecule has 1 amide bonds. The van der Waals surface area contributed by atoms with E-state index in [0.717, 1.165) is 35.3 Å². The zero-order chi connectivity index (χ0) is 17.2. The van der Waals surface area contributed by atoms with Crippen LogP contribution >= 0.6 is 0 Å². The van der Waals surface area contributed by atoms with Gasteiger partial charge in [0, 0.05) is 25.0 Å². The van der Waals surface area contributed by atoms with Crippen molar-refractivity contribution < 1.29 is 14.6 Å². The topological polar surface area (TPSA) is 78.5 Å². The van der Waals surface area contributed by atoms with Crippen LogP contribution in [-0.4, -0.2) is 57.3 Å². The molecule has 5 rings (SSSR count). The summed E-state index contributed by atoms with van der Waals surface area (Å²) >= 11 is 0. The fraction of sp³-hybridized carbons (Fsp3) is 0.579. The van der Waals surface area contributed by atoms with E-state index in [1.54, 1.807) is 0 Å². The molecule has 4 atom stereocenters. The van der Waals surface area contributed by atoms with Crippen LogP contribution in [0, 0.1) is 18.8 Å². The fourth-order valence-corrected chi connectivity index (χ4v) is 5.21. The number of aliphatic hydroxyl groups is 1. The van der Waals surface area contributed by atoms with E-state index < -0.39 is 0 Å². The Hall–Kier alpha value is -1.92. The molecule has 1 aromatic heterocycles. The van der Waals surface area contributed by atoms with Crippen molar-refractivity contribution in [2.75, 3.05) is 19.7 Å². The highest BCUT2D eigenvalue weighted by atomic mass is 16.5. The molecule has 1 aromatic carbocycles. The number of hydrogen-bond acceptors (Lipinski definition) is 4. The number of amides is 1. The maximum Gasteiger partial charge on any atom is 0.227 e. The Labute approximate surface area is 146 Å². The Balaban J connectivity index is 1.33. The molecule has 3 aliphatic heterocycles. The first-order chi connectivity index (χ1) is 12.1. The molecule has 4 heterocycles. The quantitative estimate of drug-likeness (QED) is 0.885. The second-order valence-corrected chi connectivity index (χ2v) is 7.84. The highest BCUT2D eigenvalue weighted by molar-refractivity contribution is 5.82. The van der Waals surface area contributed by atoms with Gasteiger partial charge in [0.2, 0.25) is 5.91 Å². The van der Waals surface area contributed by atoms with E-state index in [1.165, 1.54) is 0 Å². The summed E-state index contributed by atoms with van der Waals surface area (Å²) in [5, 5.41) is 9.70. The lowest BCUT2D eigenvalue weighted by Crippen LogP contribution is -2.38. The van der Waals surface area contributed by atoms with Crippen LogP contribution in [0.2, 0.25) is 0 Å². The normalized spacial score (nSPS) is 33.4. The number of aromatic amines is 1. The third kappa shape index (κ3) is 2.24. The van der Waals surface area contributed by atoms with Gasteiger partial charge in [-0.1, -0.05) is 6.07 Å². The van der Waals surface area contributed by atoms with Gasteiger partial charge in [-0.25, -0.2) is 4.98 Å². The molecule has 3 fully saturated rings. The van der Waals surface area contributed by atoms with Gasteiger partial charge in [0.1, 0.15) is 5.82 Å². The van der Waals surface area contributed by atoms with Gasteiger partial charge in [0.05, 0.1) is 35.7 Å². The third-order valence-electron chi connectivity index (χ3n) is 6.37. The van der Waals surface area contributed by atoms with Gasteiger partial charge >= 0.3 is 0 Å². The van der Waals surface area contributed by atoms with E-state index in [9.17, 15) is 9.90 Å². The first-order valence-electron chi connectivity index (χ1n) is 9.10. The number of benzene rings is 1. The van der Waals surface area contributed by atoms with Crippen molar-refractivity contribution in [3.63, 3.8) is 0 Å². The summed E-state index contributed by atoms with van der Waals surface area (Å²) in [6.45, 7) is 3.48. The minimum absolute atomic E-state index is 0.142. The predicted octanol–water partition coefficient (Wildman–Crippen LogP) is 1.41. The van der Waals surface area contributed by atoms with Crippen molar-refractivity contribution in [3.05, 3.63) is 29.6 Å². The molecule has 6 heteroatoms. The summed E-state index contributed by atoms with van der Waals surface area (Å²) in [6, 6.07) is 5.96. The zero-order valence-electron chi connectivity index (χ0n) is 14.4. The van der Waals surface area contributed by atoms with Crippen molar-refractivity contribution in [1.29, 1.82) is 0 Å². The van der Waals surface area contributed by atoms with Gasteiger partial charge in [-0.2, -0.15) is 0 Å². The number of rotatable bonds is 3.